The number of hydrogen-bond donors (Lipinski definition) is 2. The van der Waals surface area contributed by atoms with E-state index in [2.05, 4.69) is 42.7 Å². The second kappa shape index (κ2) is 49.7. The van der Waals surface area contributed by atoms with E-state index in [1.54, 1.807) is 31.3 Å². The molecular weight excluding hydrogens is 1340 g/mol. The Kier molecular flexibility index (Phi) is 41.5. The molecule has 3 aliphatic rings. The average molecular weight is 1460 g/mol. The number of nitrogens with one attached hydrogen (secondary N) is 2. The van der Waals surface area contributed by atoms with Crippen molar-refractivity contribution in [3.05, 3.63) is 117 Å². The maximum atomic E-state index is 14.3. The fourth-order valence-electron chi connectivity index (χ4n) is 11.6. The number of esters is 1. The van der Waals surface area contributed by atoms with Crippen LogP contribution in [0.3, 0.4) is 0 Å². The number of rotatable bonds is 47. The molecule has 2 unspecified atom stereocenters. The molecule has 0 aromatic heterocycles. The molecule has 0 aliphatic carbocycles. The lowest BCUT2D eigenvalue weighted by Gasteiger charge is -2.37. The van der Waals surface area contributed by atoms with Gasteiger partial charge in [0.05, 0.1) is 117 Å². The zero-order chi connectivity index (χ0) is 75.4. The predicted octanol–water partition coefficient (Wildman–Crippen LogP) is 8.95. The van der Waals surface area contributed by atoms with Crippen LogP contribution in [0.2, 0.25) is 0 Å². The minimum absolute atomic E-state index is 0.0225. The van der Waals surface area contributed by atoms with E-state index in [1.165, 1.54) is 23.3 Å². The molecule has 3 aliphatic heterocycles. The van der Waals surface area contributed by atoms with Crippen LogP contribution in [0.1, 0.15) is 159 Å². The van der Waals surface area contributed by atoms with Gasteiger partial charge in [0.25, 0.3) is 17.7 Å². The number of piperidine rings is 2. The van der Waals surface area contributed by atoms with E-state index in [1.807, 2.05) is 71.9 Å². The zero-order valence-corrected chi connectivity index (χ0v) is 62.7. The molecular formula is C78H112N4O22. The highest BCUT2D eigenvalue weighted by molar-refractivity contribution is 6.24. The molecule has 26 nitrogen and oxygen atoms in total. The third-order valence-electron chi connectivity index (χ3n) is 17.2. The SMILES string of the molecule is CCOCCOCCCC(=O)COc1cccc2c1C(=O)N(C1CCC(=O)NC1=O)C2=O.CCOCCOCCNC(=O)COc1cccc(C(CCc2ccc(C)c(C)c2)OC(=O)[C@@H]2CCCCN2C(=O)[C@@H](CC)c2cc(C)c(OC)c(OC)c2)c1.CCOCCOCCOCCOCCOCC. The summed E-state index contributed by atoms with van der Waals surface area (Å²) < 4.78 is 76.3. The summed E-state index contributed by atoms with van der Waals surface area (Å²) in [7, 11) is 3.18. The van der Waals surface area contributed by atoms with Crippen molar-refractivity contribution in [1.82, 2.24) is 20.4 Å². The number of imide groups is 2. The molecule has 4 aromatic rings. The first-order valence-corrected chi connectivity index (χ1v) is 36.4. The molecule has 0 saturated carbocycles. The number of aryl methyl sites for hydroxylation is 4. The fourth-order valence-corrected chi connectivity index (χ4v) is 11.6. The molecule has 2 fully saturated rings. The number of carbonyl (C=O) groups excluding carboxylic acids is 8. The standard InChI is InChI=1S/C44H60N2O9.C22H26N2O8.C12H26O5/c1-8-37(35-26-32(5)42(51-7)40(28-35)50-6)43(48)46-21-11-10-15-38(46)44(49)55-39(19-18-33-17-16-30(3)31(4)25-33)34-13-12-14-36(27-34)54-29-41(47)45-20-22-53-24-23-52-9-2;1-2-30-11-12-31-10-4-5-14(25)13-32-17-7-3-6-15-19(17)22(29)24(21(15)28)16-8-9-18(26)23-20(16)27;1-3-13-5-7-15-9-11-17-12-10-16-8-6-14-4-2/h12-14,16-17,25-28,37-39H,8-11,15,18-24,29H2,1-7H3,(H,45,47);3,6-7,16H,2,4-5,8-13H2,1H3,(H,23,26,27);3-12H2,1-2H3/t37-,38-,39?;;/m0../s1. The number of hydrogen-bond acceptors (Lipinski definition) is 22. The van der Waals surface area contributed by atoms with Crippen LogP contribution in [0.4, 0.5) is 0 Å². The average Bonchev–Trinajstić information content (AvgIpc) is 1.59. The number of methoxy groups -OCH3 is 2. The number of Topliss-reactive ketones (excluding diaryl/α,β-unsaturated/α-hetero) is 1. The molecule has 104 heavy (non-hydrogen) atoms. The summed E-state index contributed by atoms with van der Waals surface area (Å²) in [6, 6.07) is 20.3. The van der Waals surface area contributed by atoms with E-state index < -0.39 is 53.7 Å². The minimum Gasteiger partial charge on any atom is -0.493 e. The lowest BCUT2D eigenvalue weighted by Crippen LogP contribution is -2.54. The van der Waals surface area contributed by atoms with E-state index in [-0.39, 0.29) is 67.0 Å². The van der Waals surface area contributed by atoms with Crippen LogP contribution in [0.25, 0.3) is 0 Å². The van der Waals surface area contributed by atoms with Crippen molar-refractivity contribution in [1.29, 1.82) is 0 Å². The summed E-state index contributed by atoms with van der Waals surface area (Å²) in [4.78, 5) is 105. The summed E-state index contributed by atoms with van der Waals surface area (Å²) in [6.45, 7) is 26.7. The van der Waals surface area contributed by atoms with Gasteiger partial charge in [-0.2, -0.15) is 0 Å². The van der Waals surface area contributed by atoms with Crippen LogP contribution in [-0.2, 0) is 82.6 Å². The second-order valence-corrected chi connectivity index (χ2v) is 24.6. The Balaban J connectivity index is 0.000000331. The van der Waals surface area contributed by atoms with E-state index in [0.29, 0.717) is 168 Å². The van der Waals surface area contributed by atoms with Crippen molar-refractivity contribution in [3.8, 4) is 23.0 Å². The molecule has 0 spiro atoms. The number of carbonyl (C=O) groups is 8. The maximum absolute atomic E-state index is 14.3. The number of benzene rings is 4. The molecule has 2 N–H and O–H groups in total. The summed E-state index contributed by atoms with van der Waals surface area (Å²) in [5, 5.41) is 4.95. The van der Waals surface area contributed by atoms with Gasteiger partial charge in [-0.25, -0.2) is 4.79 Å². The zero-order valence-electron chi connectivity index (χ0n) is 62.7. The van der Waals surface area contributed by atoms with Gasteiger partial charge < -0.3 is 76.5 Å². The molecule has 4 aromatic carbocycles. The van der Waals surface area contributed by atoms with Crippen LogP contribution in [0, 0.1) is 20.8 Å². The first kappa shape index (κ1) is 86.7. The lowest BCUT2D eigenvalue weighted by molar-refractivity contribution is -0.162. The third kappa shape index (κ3) is 29.6. The smallest absolute Gasteiger partial charge is 0.329 e. The molecule has 7 rings (SSSR count). The highest BCUT2D eigenvalue weighted by Crippen LogP contribution is 2.38. The Bertz CT molecular complexity index is 3280. The normalized spacial score (nSPS) is 15.4. The summed E-state index contributed by atoms with van der Waals surface area (Å²) in [6.07, 6.45) is 4.15. The molecule has 6 amide bonds. The van der Waals surface area contributed by atoms with Gasteiger partial charge >= 0.3 is 5.97 Å². The van der Waals surface area contributed by atoms with Crippen molar-refractivity contribution in [2.75, 3.05) is 159 Å². The van der Waals surface area contributed by atoms with Crippen molar-refractivity contribution in [3.63, 3.8) is 0 Å². The van der Waals surface area contributed by atoms with E-state index >= 15 is 0 Å². The van der Waals surface area contributed by atoms with Gasteiger partial charge in [0.2, 0.25) is 17.7 Å². The largest absolute Gasteiger partial charge is 0.493 e. The number of likely N-dealkylation sites (tertiary alicyclic amines) is 1. The van der Waals surface area contributed by atoms with Crippen LogP contribution >= 0.6 is 0 Å². The molecule has 26 heteroatoms. The molecule has 3 heterocycles. The predicted molar refractivity (Wildman–Crippen MR) is 388 cm³/mol. The third-order valence-corrected chi connectivity index (χ3v) is 17.2. The number of ketones is 1. The van der Waals surface area contributed by atoms with Crippen LogP contribution in [0.15, 0.2) is 72.8 Å². The topological polar surface area (TPSA) is 296 Å². The van der Waals surface area contributed by atoms with Crippen molar-refractivity contribution in [2.24, 2.45) is 0 Å². The van der Waals surface area contributed by atoms with Crippen molar-refractivity contribution < 1.29 is 105 Å². The first-order chi connectivity index (χ1) is 50.4. The first-order valence-electron chi connectivity index (χ1n) is 36.4. The number of ether oxygens (including phenoxy) is 14. The van der Waals surface area contributed by atoms with Crippen LogP contribution < -0.4 is 29.6 Å². The molecule has 4 atom stereocenters. The highest BCUT2D eigenvalue weighted by Gasteiger charge is 2.46. The Hall–Kier alpha value is -7.92. The Morgan fingerprint density at radius 3 is 1.80 bits per heavy atom. The summed E-state index contributed by atoms with van der Waals surface area (Å²) >= 11 is 0. The fraction of sp³-hybridized carbons (Fsp3) is 0.590. The molecule has 0 bridgehead atoms. The molecule has 0 radical (unpaired) electrons. The van der Waals surface area contributed by atoms with Gasteiger partial charge in [-0.1, -0.05) is 49.4 Å². The van der Waals surface area contributed by atoms with Crippen LogP contribution in [0.5, 0.6) is 23.0 Å². The number of amides is 6. The minimum atomic E-state index is -1.06. The van der Waals surface area contributed by atoms with Gasteiger partial charge in [-0.05, 0) is 164 Å². The molecule has 2 saturated heterocycles. The Morgan fingerprint density at radius 1 is 0.587 bits per heavy atom. The van der Waals surface area contributed by atoms with Crippen molar-refractivity contribution >= 4 is 47.2 Å². The van der Waals surface area contributed by atoms with E-state index in [9.17, 15) is 38.4 Å². The van der Waals surface area contributed by atoms with Crippen LogP contribution in [-0.4, -0.2) is 229 Å². The van der Waals surface area contributed by atoms with Gasteiger partial charge in [0.15, 0.2) is 23.9 Å². The number of nitrogens with zero attached hydrogens (tertiary/aromatic N) is 2. The molecule has 576 valence electrons. The van der Waals surface area contributed by atoms with Gasteiger partial charge in [0.1, 0.15) is 36.3 Å². The maximum Gasteiger partial charge on any atom is 0.329 e. The van der Waals surface area contributed by atoms with E-state index in [0.717, 1.165) is 53.2 Å². The van der Waals surface area contributed by atoms with Crippen molar-refractivity contribution in [2.45, 2.75) is 144 Å². The highest BCUT2D eigenvalue weighted by atomic mass is 16.6. The Labute approximate surface area is 613 Å². The monoisotopic (exact) mass is 1460 g/mol. The van der Waals surface area contributed by atoms with E-state index in [4.69, 9.17) is 66.3 Å². The van der Waals surface area contributed by atoms with Gasteiger partial charge in [0, 0.05) is 59.0 Å². The Morgan fingerprint density at radius 2 is 1.20 bits per heavy atom. The quantitative estimate of drug-likeness (QED) is 0.0237. The van der Waals surface area contributed by atoms with Gasteiger partial charge in [-0.15, -0.1) is 0 Å². The van der Waals surface area contributed by atoms with Gasteiger partial charge in [-0.3, -0.25) is 43.8 Å². The summed E-state index contributed by atoms with van der Waals surface area (Å²) in [5.74, 6) is -2.07. The number of fused-ring (bicyclic) bond motifs is 1. The summed E-state index contributed by atoms with van der Waals surface area (Å²) in [5.41, 5.74) is 6.12. The lowest BCUT2D eigenvalue weighted by atomic mass is 9.91. The second-order valence-electron chi connectivity index (χ2n) is 24.6.